The maximum absolute atomic E-state index is 14.1. The lowest BCUT2D eigenvalue weighted by atomic mass is 9.93. The van der Waals surface area contributed by atoms with Crippen LogP contribution in [0.15, 0.2) is 158 Å². The van der Waals surface area contributed by atoms with Gasteiger partial charge in [-0.15, -0.1) is 0 Å². The zero-order valence-electron chi connectivity index (χ0n) is 30.9. The van der Waals surface area contributed by atoms with Gasteiger partial charge in [0.25, 0.3) is 0 Å². The van der Waals surface area contributed by atoms with Crippen molar-refractivity contribution in [2.75, 3.05) is 0 Å². The van der Waals surface area contributed by atoms with Crippen LogP contribution in [0.3, 0.4) is 0 Å². The van der Waals surface area contributed by atoms with Gasteiger partial charge in [0.2, 0.25) is 0 Å². The van der Waals surface area contributed by atoms with Crippen LogP contribution >= 0.6 is 0 Å². The molecule has 0 aliphatic rings. The van der Waals surface area contributed by atoms with Gasteiger partial charge in [-0.05, 0) is 90.6 Å². The Morgan fingerprint density at radius 2 is 1.04 bits per heavy atom. The Morgan fingerprint density at radius 3 is 1.70 bits per heavy atom. The van der Waals surface area contributed by atoms with E-state index in [1.54, 1.807) is 6.07 Å². The predicted molar refractivity (Wildman–Crippen MR) is 221 cm³/mol. The number of hydrogen-bond donors (Lipinski definition) is 0. The first-order valence-corrected chi connectivity index (χ1v) is 18.4. The van der Waals surface area contributed by atoms with Gasteiger partial charge in [-0.25, -0.2) is 15.0 Å². The second kappa shape index (κ2) is 13.8. The zero-order chi connectivity index (χ0) is 38.6. The molecule has 0 fully saturated rings. The average Bonchev–Trinajstić information content (AvgIpc) is 3.54. The zero-order valence-corrected chi connectivity index (χ0v) is 30.9. The molecular formula is C49H35F3N4. The summed E-state index contributed by atoms with van der Waals surface area (Å²) in [6, 6.07) is 49.9. The van der Waals surface area contributed by atoms with Crippen LogP contribution in [0.25, 0.3) is 83.9 Å². The van der Waals surface area contributed by atoms with E-state index >= 15 is 0 Å². The maximum atomic E-state index is 14.1. The highest BCUT2D eigenvalue weighted by molar-refractivity contribution is 6.10. The first-order chi connectivity index (χ1) is 27.1. The Kier molecular flexibility index (Phi) is 8.58. The van der Waals surface area contributed by atoms with Crippen molar-refractivity contribution >= 4 is 21.8 Å². The fourth-order valence-electron chi connectivity index (χ4n) is 7.94. The van der Waals surface area contributed by atoms with Crippen molar-refractivity contribution in [2.45, 2.75) is 26.9 Å². The first-order valence-electron chi connectivity index (χ1n) is 18.4. The van der Waals surface area contributed by atoms with Crippen LogP contribution in [-0.2, 0) is 6.18 Å². The molecule has 0 radical (unpaired) electrons. The molecule has 0 N–H and O–H groups in total. The number of para-hydroxylation sites is 1. The van der Waals surface area contributed by atoms with Crippen molar-refractivity contribution in [1.82, 2.24) is 19.5 Å². The SMILES string of the molecule is Cc1cc(C)c(-c2ccc3c4ccccc4n(-c4ccc(-c5cccc(C(F)(F)F)c5)c(-c5nc(-c6ccccc6)nc(-c6ccccc6)n5)c4)c3c2)c(C)c1. The highest BCUT2D eigenvalue weighted by Crippen LogP contribution is 2.41. The van der Waals surface area contributed by atoms with Gasteiger partial charge in [0, 0.05) is 33.2 Å². The van der Waals surface area contributed by atoms with E-state index in [9.17, 15) is 13.2 Å². The van der Waals surface area contributed by atoms with Crippen molar-refractivity contribution in [3.05, 3.63) is 180 Å². The summed E-state index contributed by atoms with van der Waals surface area (Å²) in [5, 5.41) is 2.18. The normalized spacial score (nSPS) is 11.8. The summed E-state index contributed by atoms with van der Waals surface area (Å²) in [6.07, 6.45) is -4.51. The van der Waals surface area contributed by atoms with E-state index < -0.39 is 11.7 Å². The minimum Gasteiger partial charge on any atom is -0.309 e. The van der Waals surface area contributed by atoms with Gasteiger partial charge in [0.15, 0.2) is 17.5 Å². The highest BCUT2D eigenvalue weighted by atomic mass is 19.4. The largest absolute Gasteiger partial charge is 0.416 e. The molecule has 0 spiro atoms. The third-order valence-electron chi connectivity index (χ3n) is 10.3. The van der Waals surface area contributed by atoms with E-state index in [4.69, 9.17) is 15.0 Å². The van der Waals surface area contributed by atoms with Crippen molar-refractivity contribution in [3.63, 3.8) is 0 Å². The van der Waals surface area contributed by atoms with Gasteiger partial charge in [-0.3, -0.25) is 0 Å². The van der Waals surface area contributed by atoms with Crippen LogP contribution < -0.4 is 0 Å². The first kappa shape index (κ1) is 34.9. The lowest BCUT2D eigenvalue weighted by Gasteiger charge is -2.17. The lowest BCUT2D eigenvalue weighted by Crippen LogP contribution is -2.05. The summed E-state index contributed by atoms with van der Waals surface area (Å²) < 4.78 is 44.6. The molecule has 0 atom stereocenters. The average molecular weight is 737 g/mol. The molecule has 0 amide bonds. The number of nitrogens with zero attached hydrogens (tertiary/aromatic N) is 4. The molecule has 2 heterocycles. The second-order valence-electron chi connectivity index (χ2n) is 14.2. The van der Waals surface area contributed by atoms with Gasteiger partial charge in [0.1, 0.15) is 0 Å². The van der Waals surface area contributed by atoms with E-state index in [2.05, 4.69) is 67.8 Å². The third kappa shape index (κ3) is 6.31. The van der Waals surface area contributed by atoms with Crippen LogP contribution in [-0.4, -0.2) is 19.5 Å². The Hall–Kier alpha value is -6.86. The number of alkyl halides is 3. The molecule has 7 heteroatoms. The van der Waals surface area contributed by atoms with Crippen LogP contribution in [0, 0.1) is 20.8 Å². The van der Waals surface area contributed by atoms with Crippen molar-refractivity contribution in [1.29, 1.82) is 0 Å². The lowest BCUT2D eigenvalue weighted by molar-refractivity contribution is -0.137. The Labute approximate surface area is 322 Å². The molecule has 272 valence electrons. The quantitative estimate of drug-likeness (QED) is 0.171. The number of aromatic nitrogens is 4. The van der Waals surface area contributed by atoms with Crippen LogP contribution in [0.5, 0.6) is 0 Å². The Bertz CT molecular complexity index is 2850. The second-order valence-corrected chi connectivity index (χ2v) is 14.2. The number of rotatable bonds is 6. The van der Waals surface area contributed by atoms with E-state index in [0.29, 0.717) is 34.2 Å². The maximum Gasteiger partial charge on any atom is 0.416 e. The summed E-state index contributed by atoms with van der Waals surface area (Å²) in [5.74, 6) is 1.26. The number of fused-ring (bicyclic) bond motifs is 3. The molecule has 7 aromatic carbocycles. The van der Waals surface area contributed by atoms with Crippen molar-refractivity contribution in [2.24, 2.45) is 0 Å². The summed E-state index contributed by atoms with van der Waals surface area (Å²) in [7, 11) is 0. The third-order valence-corrected chi connectivity index (χ3v) is 10.3. The molecule has 4 nitrogen and oxygen atoms in total. The van der Waals surface area contributed by atoms with Crippen molar-refractivity contribution in [3.8, 4) is 62.1 Å². The molecule has 0 bridgehead atoms. The topological polar surface area (TPSA) is 43.6 Å². The fourth-order valence-corrected chi connectivity index (χ4v) is 7.94. The Balaban J connectivity index is 1.34. The van der Waals surface area contributed by atoms with E-state index in [-0.39, 0.29) is 0 Å². The van der Waals surface area contributed by atoms with Gasteiger partial charge in [-0.2, -0.15) is 13.2 Å². The molecule has 56 heavy (non-hydrogen) atoms. The molecule has 0 unspecified atom stereocenters. The van der Waals surface area contributed by atoms with Crippen molar-refractivity contribution < 1.29 is 13.2 Å². The summed E-state index contributed by atoms with van der Waals surface area (Å²) in [4.78, 5) is 14.9. The summed E-state index contributed by atoms with van der Waals surface area (Å²) in [5.41, 5.74) is 11.2. The monoisotopic (exact) mass is 736 g/mol. The number of halogens is 3. The minimum atomic E-state index is -4.51. The molecule has 0 aliphatic carbocycles. The molecule has 9 aromatic rings. The van der Waals surface area contributed by atoms with Crippen LogP contribution in [0.2, 0.25) is 0 Å². The number of hydrogen-bond acceptors (Lipinski definition) is 3. The van der Waals surface area contributed by atoms with E-state index in [1.807, 2.05) is 91.0 Å². The number of benzene rings is 7. The van der Waals surface area contributed by atoms with Gasteiger partial charge in [0.05, 0.1) is 16.6 Å². The fraction of sp³-hybridized carbons (Fsp3) is 0.0816. The standard InChI is InChI=1S/C49H35F3N4/c1-30-25-31(2)45(32(3)26-30)36-21-23-41-40-19-10-11-20-43(40)56(44(41)28-36)38-22-24-39(35-17-12-18-37(27-35)49(50,51)52)42(29-38)48-54-46(33-13-6-4-7-14-33)53-47(55-48)34-15-8-5-9-16-34/h4-29H,1-3H3. The molecule has 9 rings (SSSR count). The summed E-state index contributed by atoms with van der Waals surface area (Å²) in [6.45, 7) is 6.41. The minimum absolute atomic E-state index is 0.347. The molecule has 2 aromatic heterocycles. The van der Waals surface area contributed by atoms with E-state index in [0.717, 1.165) is 50.2 Å². The smallest absolute Gasteiger partial charge is 0.309 e. The summed E-state index contributed by atoms with van der Waals surface area (Å²) >= 11 is 0. The number of aryl methyl sites for hydroxylation is 3. The van der Waals surface area contributed by atoms with Gasteiger partial charge < -0.3 is 4.57 Å². The molecule has 0 saturated heterocycles. The van der Waals surface area contributed by atoms with Gasteiger partial charge >= 0.3 is 6.18 Å². The molecular weight excluding hydrogens is 702 g/mol. The Morgan fingerprint density at radius 1 is 0.446 bits per heavy atom. The van der Waals surface area contributed by atoms with Crippen LogP contribution in [0.1, 0.15) is 22.3 Å². The predicted octanol–water partition coefficient (Wildman–Crippen LogP) is 13.2. The van der Waals surface area contributed by atoms with Crippen LogP contribution in [0.4, 0.5) is 13.2 Å². The van der Waals surface area contributed by atoms with E-state index in [1.165, 1.54) is 34.4 Å². The molecule has 0 saturated carbocycles. The van der Waals surface area contributed by atoms with Gasteiger partial charge in [-0.1, -0.05) is 127 Å². The molecule has 0 aliphatic heterocycles. The highest BCUT2D eigenvalue weighted by Gasteiger charge is 2.31.